The number of nitrogens with zero attached hydrogens (tertiary/aromatic N) is 2. The summed E-state index contributed by atoms with van der Waals surface area (Å²) in [5.41, 5.74) is 3.05. The third-order valence-corrected chi connectivity index (χ3v) is 4.54. The second-order valence-electron chi connectivity index (χ2n) is 6.03. The van der Waals surface area contributed by atoms with Crippen molar-refractivity contribution in [3.8, 4) is 0 Å². The fourth-order valence-electron chi connectivity index (χ4n) is 2.89. The second kappa shape index (κ2) is 7.32. The predicted octanol–water partition coefficient (Wildman–Crippen LogP) is 3.52. The van der Waals surface area contributed by atoms with Crippen molar-refractivity contribution in [2.45, 2.75) is 0 Å². The summed E-state index contributed by atoms with van der Waals surface area (Å²) in [6.07, 6.45) is 1.73. The lowest BCUT2D eigenvalue weighted by Crippen LogP contribution is -2.36. The minimum atomic E-state index is -0.452. The number of anilines is 1. The molecule has 2 aromatic rings. The summed E-state index contributed by atoms with van der Waals surface area (Å²) in [5.74, 6) is -0.157. The van der Waals surface area contributed by atoms with Gasteiger partial charge in [-0.15, -0.1) is 0 Å². The van der Waals surface area contributed by atoms with Crippen LogP contribution in [0.15, 0.2) is 59.2 Å². The van der Waals surface area contributed by atoms with Gasteiger partial charge in [-0.05, 0) is 48.0 Å². The van der Waals surface area contributed by atoms with Gasteiger partial charge in [-0.1, -0.05) is 23.7 Å². The lowest BCUT2D eigenvalue weighted by molar-refractivity contribution is -0.129. The van der Waals surface area contributed by atoms with E-state index in [0.29, 0.717) is 16.5 Å². The van der Waals surface area contributed by atoms with Crippen molar-refractivity contribution in [1.82, 2.24) is 0 Å². The first-order chi connectivity index (χ1) is 12.7. The lowest BCUT2D eigenvalue weighted by atomic mass is 10.1. The predicted molar refractivity (Wildman–Crippen MR) is 102 cm³/mol. The molecule has 26 heavy (non-hydrogen) atoms. The van der Waals surface area contributed by atoms with Crippen molar-refractivity contribution in [2.24, 2.45) is 4.99 Å². The van der Waals surface area contributed by atoms with E-state index in [0.717, 1.165) is 37.6 Å². The number of carbonyl (C=O) groups is 1. The van der Waals surface area contributed by atoms with Crippen LogP contribution in [0.3, 0.4) is 0 Å². The maximum atomic E-state index is 12.1. The quantitative estimate of drug-likeness (QED) is 0.614. The number of aliphatic imine (C=N–C) groups is 1. The zero-order valence-corrected chi connectivity index (χ0v) is 14.8. The van der Waals surface area contributed by atoms with Crippen LogP contribution in [0.4, 0.5) is 5.69 Å². The van der Waals surface area contributed by atoms with Crippen molar-refractivity contribution < 1.29 is 14.3 Å². The molecular weight excluding hydrogens is 352 g/mol. The van der Waals surface area contributed by atoms with Gasteiger partial charge in [0.25, 0.3) is 0 Å². The van der Waals surface area contributed by atoms with Crippen LogP contribution in [0.5, 0.6) is 0 Å². The second-order valence-corrected chi connectivity index (χ2v) is 6.47. The molecule has 2 aromatic carbocycles. The standard InChI is InChI=1S/C20H17ClN2O3/c21-16-5-3-15(4-6-16)19-22-18(20(24)26-19)13-14-1-7-17(8-2-14)23-9-11-25-12-10-23/h1-8,13H,9-12H2/b18-13+. The van der Waals surface area contributed by atoms with E-state index in [9.17, 15) is 4.79 Å². The molecule has 1 saturated heterocycles. The molecule has 5 nitrogen and oxygen atoms in total. The first kappa shape index (κ1) is 16.8. The summed E-state index contributed by atoms with van der Waals surface area (Å²) in [6, 6.07) is 15.0. The number of hydrogen-bond donors (Lipinski definition) is 0. The molecule has 2 heterocycles. The van der Waals surface area contributed by atoms with E-state index in [-0.39, 0.29) is 5.70 Å². The monoisotopic (exact) mass is 368 g/mol. The molecule has 2 aliphatic heterocycles. The zero-order valence-electron chi connectivity index (χ0n) is 14.0. The third kappa shape index (κ3) is 3.64. The van der Waals surface area contributed by atoms with Crippen LogP contribution in [0.1, 0.15) is 11.1 Å². The summed E-state index contributed by atoms with van der Waals surface area (Å²) in [4.78, 5) is 18.7. The van der Waals surface area contributed by atoms with E-state index in [2.05, 4.69) is 9.89 Å². The average Bonchev–Trinajstić information content (AvgIpc) is 3.04. The molecule has 0 bridgehead atoms. The molecular formula is C20H17ClN2O3. The van der Waals surface area contributed by atoms with Crippen molar-refractivity contribution in [3.63, 3.8) is 0 Å². The van der Waals surface area contributed by atoms with Crippen LogP contribution < -0.4 is 4.90 Å². The van der Waals surface area contributed by atoms with Gasteiger partial charge in [0, 0.05) is 29.4 Å². The highest BCUT2D eigenvalue weighted by Gasteiger charge is 2.24. The van der Waals surface area contributed by atoms with Crippen LogP contribution in [-0.4, -0.2) is 38.2 Å². The molecule has 0 aliphatic carbocycles. The minimum Gasteiger partial charge on any atom is -0.402 e. The van der Waals surface area contributed by atoms with E-state index in [1.165, 1.54) is 0 Å². The van der Waals surface area contributed by atoms with Crippen LogP contribution in [0.2, 0.25) is 5.02 Å². The molecule has 4 rings (SSSR count). The highest BCUT2D eigenvalue weighted by atomic mass is 35.5. The van der Waals surface area contributed by atoms with Crippen LogP contribution >= 0.6 is 11.6 Å². The molecule has 0 saturated carbocycles. The molecule has 0 unspecified atom stereocenters. The smallest absolute Gasteiger partial charge is 0.363 e. The van der Waals surface area contributed by atoms with Gasteiger partial charge < -0.3 is 14.4 Å². The topological polar surface area (TPSA) is 51.1 Å². The highest BCUT2D eigenvalue weighted by molar-refractivity contribution is 6.30. The largest absolute Gasteiger partial charge is 0.402 e. The Balaban J connectivity index is 1.53. The van der Waals surface area contributed by atoms with E-state index < -0.39 is 5.97 Å². The molecule has 1 fully saturated rings. The summed E-state index contributed by atoms with van der Waals surface area (Å²) >= 11 is 5.88. The Hall–Kier alpha value is -2.63. The summed E-state index contributed by atoms with van der Waals surface area (Å²) in [5, 5.41) is 0.620. The molecule has 2 aliphatic rings. The SMILES string of the molecule is O=C1OC(c2ccc(Cl)cc2)=N/C1=C/c1ccc(N2CCOCC2)cc1. The number of morpholine rings is 1. The summed E-state index contributed by atoms with van der Waals surface area (Å²) in [7, 11) is 0. The van der Waals surface area contributed by atoms with E-state index in [4.69, 9.17) is 21.1 Å². The molecule has 132 valence electrons. The fourth-order valence-corrected chi connectivity index (χ4v) is 3.01. The Bertz CT molecular complexity index is 867. The van der Waals surface area contributed by atoms with Gasteiger partial charge in [0.15, 0.2) is 5.70 Å². The van der Waals surface area contributed by atoms with Crippen molar-refractivity contribution in [2.75, 3.05) is 31.2 Å². The van der Waals surface area contributed by atoms with E-state index in [1.54, 1.807) is 30.3 Å². The van der Waals surface area contributed by atoms with Crippen molar-refractivity contribution >= 4 is 35.2 Å². The van der Waals surface area contributed by atoms with Gasteiger partial charge in [-0.2, -0.15) is 0 Å². The van der Waals surface area contributed by atoms with Crippen LogP contribution in [0.25, 0.3) is 6.08 Å². The normalized spacial score (nSPS) is 18.8. The Labute approximate surface area is 156 Å². The molecule has 6 heteroatoms. The summed E-state index contributed by atoms with van der Waals surface area (Å²) < 4.78 is 10.6. The number of rotatable bonds is 3. The molecule has 0 N–H and O–H groups in total. The lowest BCUT2D eigenvalue weighted by Gasteiger charge is -2.28. The summed E-state index contributed by atoms with van der Waals surface area (Å²) in [6.45, 7) is 3.28. The van der Waals surface area contributed by atoms with Gasteiger partial charge >= 0.3 is 5.97 Å². The van der Waals surface area contributed by atoms with E-state index >= 15 is 0 Å². The van der Waals surface area contributed by atoms with Gasteiger partial charge in [0.05, 0.1) is 13.2 Å². The van der Waals surface area contributed by atoms with Gasteiger partial charge in [-0.3, -0.25) is 0 Å². The molecule has 0 spiro atoms. The van der Waals surface area contributed by atoms with Crippen LogP contribution in [-0.2, 0) is 14.3 Å². The number of cyclic esters (lactones) is 1. The Kier molecular flexibility index (Phi) is 4.73. The number of benzene rings is 2. The number of halogens is 1. The maximum absolute atomic E-state index is 12.1. The first-order valence-corrected chi connectivity index (χ1v) is 8.78. The minimum absolute atomic E-state index is 0.286. The Morgan fingerprint density at radius 1 is 1.00 bits per heavy atom. The van der Waals surface area contributed by atoms with E-state index in [1.807, 2.05) is 24.3 Å². The van der Waals surface area contributed by atoms with Crippen molar-refractivity contribution in [1.29, 1.82) is 0 Å². The number of ether oxygens (including phenoxy) is 2. The Morgan fingerprint density at radius 3 is 2.38 bits per heavy atom. The first-order valence-electron chi connectivity index (χ1n) is 8.40. The molecule has 0 aromatic heterocycles. The molecule has 0 radical (unpaired) electrons. The van der Waals surface area contributed by atoms with Gasteiger partial charge in [-0.25, -0.2) is 9.79 Å². The van der Waals surface area contributed by atoms with Gasteiger partial charge in [0.1, 0.15) is 0 Å². The number of esters is 1. The highest BCUT2D eigenvalue weighted by Crippen LogP contribution is 2.22. The fraction of sp³-hybridized carbons (Fsp3) is 0.200. The number of hydrogen-bond acceptors (Lipinski definition) is 5. The molecule has 0 atom stereocenters. The van der Waals surface area contributed by atoms with Crippen molar-refractivity contribution in [3.05, 3.63) is 70.4 Å². The van der Waals surface area contributed by atoms with Gasteiger partial charge in [0.2, 0.25) is 5.90 Å². The molecule has 0 amide bonds. The zero-order chi connectivity index (χ0) is 17.9. The average molecular weight is 369 g/mol. The number of carbonyl (C=O) groups excluding carboxylic acids is 1. The Morgan fingerprint density at radius 2 is 1.69 bits per heavy atom. The third-order valence-electron chi connectivity index (χ3n) is 4.28. The van der Waals surface area contributed by atoms with Crippen LogP contribution in [0, 0.1) is 0 Å². The maximum Gasteiger partial charge on any atom is 0.363 e.